The van der Waals surface area contributed by atoms with Crippen LogP contribution in [0, 0.1) is 0 Å². The van der Waals surface area contributed by atoms with E-state index in [0.717, 1.165) is 5.56 Å². The first-order valence-electron chi connectivity index (χ1n) is 6.98. The Kier molecular flexibility index (Phi) is 3.20. The van der Waals surface area contributed by atoms with Crippen LogP contribution >= 0.6 is 0 Å². The van der Waals surface area contributed by atoms with Crippen molar-refractivity contribution in [2.45, 2.75) is 18.4 Å². The summed E-state index contributed by atoms with van der Waals surface area (Å²) in [4.78, 5) is 30.2. The Balaban J connectivity index is 2.30. The lowest BCUT2D eigenvalue weighted by molar-refractivity contribution is -0.142. The van der Waals surface area contributed by atoms with Crippen LogP contribution in [0.4, 0.5) is 0 Å². The molecule has 1 aromatic heterocycles. The molecule has 1 aliphatic rings. The van der Waals surface area contributed by atoms with Crippen LogP contribution in [-0.2, 0) is 10.3 Å². The first-order valence-corrected chi connectivity index (χ1v) is 6.98. The van der Waals surface area contributed by atoms with Gasteiger partial charge in [-0.2, -0.15) is 0 Å². The van der Waals surface area contributed by atoms with Gasteiger partial charge in [-0.1, -0.05) is 18.2 Å². The third kappa shape index (κ3) is 1.82. The van der Waals surface area contributed by atoms with E-state index in [-0.39, 0.29) is 5.91 Å². The van der Waals surface area contributed by atoms with Crippen molar-refractivity contribution in [2.75, 3.05) is 7.05 Å². The Morgan fingerprint density at radius 1 is 1.23 bits per heavy atom. The SMILES string of the molecule is CN1C(=O)c2ccccc2C(C(=O)O)C1(C)c1ccncc1. The Labute approximate surface area is 128 Å². The number of benzene rings is 1. The number of pyridine rings is 1. The van der Waals surface area contributed by atoms with Gasteiger partial charge in [-0.25, -0.2) is 0 Å². The molecule has 2 heterocycles. The van der Waals surface area contributed by atoms with Gasteiger partial charge in [-0.05, 0) is 36.2 Å². The second-order valence-electron chi connectivity index (χ2n) is 5.61. The molecular weight excluding hydrogens is 280 g/mol. The summed E-state index contributed by atoms with van der Waals surface area (Å²) < 4.78 is 0. The van der Waals surface area contributed by atoms with Crippen LogP contribution in [0.2, 0.25) is 0 Å². The average Bonchev–Trinajstić information content (AvgIpc) is 2.53. The highest BCUT2D eigenvalue weighted by molar-refractivity contribution is 6.00. The molecule has 1 aromatic carbocycles. The Bertz CT molecular complexity index is 745. The summed E-state index contributed by atoms with van der Waals surface area (Å²) in [5, 5.41) is 9.83. The van der Waals surface area contributed by atoms with Gasteiger partial charge >= 0.3 is 5.97 Å². The van der Waals surface area contributed by atoms with Crippen molar-refractivity contribution in [3.63, 3.8) is 0 Å². The number of carboxylic acid groups (broad SMARTS) is 1. The minimum Gasteiger partial charge on any atom is -0.481 e. The predicted octanol–water partition coefficient (Wildman–Crippen LogP) is 2.25. The highest BCUT2D eigenvalue weighted by Crippen LogP contribution is 2.46. The number of likely N-dealkylation sites (N-methyl/N-ethyl adjacent to an activating group) is 1. The summed E-state index contributed by atoms with van der Waals surface area (Å²) in [5.41, 5.74) is 0.779. The normalized spacial score (nSPS) is 24.0. The molecule has 0 spiro atoms. The van der Waals surface area contributed by atoms with Crippen LogP contribution in [0.15, 0.2) is 48.8 Å². The van der Waals surface area contributed by atoms with Gasteiger partial charge in [0.15, 0.2) is 0 Å². The lowest BCUT2D eigenvalue weighted by Gasteiger charge is -2.47. The molecule has 112 valence electrons. The zero-order chi connectivity index (χ0) is 15.9. The highest BCUT2D eigenvalue weighted by atomic mass is 16.4. The van der Waals surface area contributed by atoms with Crippen LogP contribution < -0.4 is 0 Å². The molecule has 0 aliphatic carbocycles. The third-order valence-electron chi connectivity index (χ3n) is 4.58. The van der Waals surface area contributed by atoms with Crippen molar-refractivity contribution in [2.24, 2.45) is 0 Å². The summed E-state index contributed by atoms with van der Waals surface area (Å²) in [6.07, 6.45) is 3.22. The molecular formula is C17H16N2O3. The largest absolute Gasteiger partial charge is 0.481 e. The van der Waals surface area contributed by atoms with Gasteiger partial charge in [0.05, 0.1) is 5.54 Å². The summed E-state index contributed by atoms with van der Waals surface area (Å²) in [7, 11) is 1.65. The van der Waals surface area contributed by atoms with Gasteiger partial charge < -0.3 is 10.0 Å². The van der Waals surface area contributed by atoms with Gasteiger partial charge in [-0.3, -0.25) is 14.6 Å². The molecule has 1 aliphatic heterocycles. The second kappa shape index (κ2) is 4.94. The Morgan fingerprint density at radius 2 is 1.86 bits per heavy atom. The van der Waals surface area contributed by atoms with E-state index in [0.29, 0.717) is 11.1 Å². The number of rotatable bonds is 2. The smallest absolute Gasteiger partial charge is 0.313 e. The maximum atomic E-state index is 12.7. The third-order valence-corrected chi connectivity index (χ3v) is 4.58. The van der Waals surface area contributed by atoms with Crippen molar-refractivity contribution in [3.8, 4) is 0 Å². The molecule has 3 rings (SSSR count). The average molecular weight is 296 g/mol. The van der Waals surface area contributed by atoms with Gasteiger partial charge in [0.2, 0.25) is 0 Å². The van der Waals surface area contributed by atoms with Crippen molar-refractivity contribution >= 4 is 11.9 Å². The minimum absolute atomic E-state index is 0.174. The van der Waals surface area contributed by atoms with Crippen LogP contribution in [0.3, 0.4) is 0 Å². The molecule has 0 fully saturated rings. The molecule has 0 saturated heterocycles. The number of amides is 1. The number of aromatic nitrogens is 1. The quantitative estimate of drug-likeness (QED) is 0.922. The van der Waals surface area contributed by atoms with E-state index < -0.39 is 17.4 Å². The molecule has 0 radical (unpaired) electrons. The number of aliphatic carboxylic acids is 1. The Hall–Kier alpha value is -2.69. The molecule has 5 nitrogen and oxygen atoms in total. The van der Waals surface area contributed by atoms with Crippen LogP contribution in [-0.4, -0.2) is 33.9 Å². The fourth-order valence-corrected chi connectivity index (χ4v) is 3.25. The van der Waals surface area contributed by atoms with Gasteiger partial charge in [0.1, 0.15) is 5.92 Å². The number of hydrogen-bond donors (Lipinski definition) is 1. The van der Waals surface area contributed by atoms with E-state index in [1.54, 1.807) is 62.8 Å². The topological polar surface area (TPSA) is 70.5 Å². The fourth-order valence-electron chi connectivity index (χ4n) is 3.25. The number of fused-ring (bicyclic) bond motifs is 1. The van der Waals surface area contributed by atoms with Crippen LogP contribution in [0.25, 0.3) is 0 Å². The maximum absolute atomic E-state index is 12.7. The monoisotopic (exact) mass is 296 g/mol. The molecule has 5 heteroatoms. The lowest BCUT2D eigenvalue weighted by atomic mass is 9.70. The van der Waals surface area contributed by atoms with Crippen molar-refractivity contribution in [3.05, 3.63) is 65.5 Å². The van der Waals surface area contributed by atoms with Crippen molar-refractivity contribution in [1.29, 1.82) is 0 Å². The van der Waals surface area contributed by atoms with E-state index in [4.69, 9.17) is 0 Å². The van der Waals surface area contributed by atoms with Gasteiger partial charge in [-0.15, -0.1) is 0 Å². The van der Waals surface area contributed by atoms with Crippen LogP contribution in [0.1, 0.15) is 34.3 Å². The maximum Gasteiger partial charge on any atom is 0.313 e. The summed E-state index contributed by atoms with van der Waals surface area (Å²) in [6, 6.07) is 10.4. The molecule has 1 N–H and O–H groups in total. The molecule has 2 unspecified atom stereocenters. The summed E-state index contributed by atoms with van der Waals surface area (Å²) in [5.74, 6) is -1.97. The fraction of sp³-hybridized carbons (Fsp3) is 0.235. The number of nitrogens with zero attached hydrogens (tertiary/aromatic N) is 2. The van der Waals surface area contributed by atoms with Gasteiger partial charge in [0, 0.05) is 25.0 Å². The first kappa shape index (κ1) is 14.3. The number of carbonyl (C=O) groups excluding carboxylic acids is 1. The van der Waals surface area contributed by atoms with Crippen LogP contribution in [0.5, 0.6) is 0 Å². The number of carboxylic acids is 1. The van der Waals surface area contributed by atoms with Crippen molar-refractivity contribution < 1.29 is 14.7 Å². The predicted molar refractivity (Wildman–Crippen MR) is 80.5 cm³/mol. The number of carbonyl (C=O) groups is 2. The Morgan fingerprint density at radius 3 is 2.50 bits per heavy atom. The van der Waals surface area contributed by atoms with E-state index in [9.17, 15) is 14.7 Å². The molecule has 0 saturated carbocycles. The molecule has 2 atom stereocenters. The molecule has 2 aromatic rings. The van der Waals surface area contributed by atoms with E-state index in [2.05, 4.69) is 4.98 Å². The van der Waals surface area contributed by atoms with E-state index in [1.165, 1.54) is 4.90 Å². The molecule has 0 bridgehead atoms. The summed E-state index contributed by atoms with van der Waals surface area (Å²) >= 11 is 0. The van der Waals surface area contributed by atoms with Gasteiger partial charge in [0.25, 0.3) is 5.91 Å². The second-order valence-corrected chi connectivity index (χ2v) is 5.61. The summed E-state index contributed by atoms with van der Waals surface area (Å²) in [6.45, 7) is 1.79. The minimum atomic E-state index is -0.972. The number of hydrogen-bond acceptors (Lipinski definition) is 3. The van der Waals surface area contributed by atoms with E-state index in [1.807, 2.05) is 0 Å². The van der Waals surface area contributed by atoms with Crippen molar-refractivity contribution in [1.82, 2.24) is 9.88 Å². The highest BCUT2D eigenvalue weighted by Gasteiger charge is 2.51. The zero-order valence-corrected chi connectivity index (χ0v) is 12.4. The molecule has 1 amide bonds. The standard InChI is InChI=1S/C17H16N2O3/c1-17(11-7-9-18-10-8-11)14(16(21)22)12-5-3-4-6-13(12)15(20)19(17)2/h3-10,14H,1-2H3,(H,21,22). The zero-order valence-electron chi connectivity index (χ0n) is 12.4. The molecule has 22 heavy (non-hydrogen) atoms. The first-order chi connectivity index (χ1) is 10.5. The lowest BCUT2D eigenvalue weighted by Crippen LogP contribution is -2.54. The van der Waals surface area contributed by atoms with E-state index >= 15 is 0 Å².